The zero-order chi connectivity index (χ0) is 18.6. The number of rotatable bonds is 5. The molecule has 0 saturated carbocycles. The fraction of sp³-hybridized carbons (Fsp3) is 0.222. The third kappa shape index (κ3) is 4.64. The molecule has 0 fully saturated rings. The summed E-state index contributed by atoms with van der Waals surface area (Å²) in [6.07, 6.45) is 0. The second-order valence-electron chi connectivity index (χ2n) is 5.52. The number of carbonyl (C=O) groups is 2. The SMILES string of the molecule is COc1cc(N)c(Cl)cc1C(=O)OCC(=O)Nc1ccc(C)cc1C. The highest BCUT2D eigenvalue weighted by molar-refractivity contribution is 6.33. The second kappa shape index (κ2) is 7.90. The molecule has 2 rings (SSSR count). The zero-order valence-corrected chi connectivity index (χ0v) is 14.9. The molecule has 3 N–H and O–H groups in total. The number of benzene rings is 2. The van der Waals surface area contributed by atoms with Crippen LogP contribution in [0.15, 0.2) is 30.3 Å². The van der Waals surface area contributed by atoms with Gasteiger partial charge in [0.1, 0.15) is 11.3 Å². The van der Waals surface area contributed by atoms with Gasteiger partial charge in [0.2, 0.25) is 0 Å². The van der Waals surface area contributed by atoms with Gasteiger partial charge in [0.25, 0.3) is 5.91 Å². The molecule has 0 unspecified atom stereocenters. The van der Waals surface area contributed by atoms with E-state index in [-0.39, 0.29) is 22.0 Å². The molecule has 7 heteroatoms. The number of aryl methyl sites for hydroxylation is 2. The minimum Gasteiger partial charge on any atom is -0.496 e. The van der Waals surface area contributed by atoms with E-state index in [0.717, 1.165) is 11.1 Å². The number of nitrogens with one attached hydrogen (secondary N) is 1. The molecule has 0 aliphatic carbocycles. The second-order valence-corrected chi connectivity index (χ2v) is 5.92. The molecule has 1 amide bonds. The molecule has 0 aliphatic rings. The Morgan fingerprint density at radius 2 is 1.92 bits per heavy atom. The summed E-state index contributed by atoms with van der Waals surface area (Å²) in [7, 11) is 1.40. The Kier molecular flexibility index (Phi) is 5.88. The fourth-order valence-electron chi connectivity index (χ4n) is 2.25. The highest BCUT2D eigenvalue weighted by Crippen LogP contribution is 2.29. The monoisotopic (exact) mass is 362 g/mol. The number of methoxy groups -OCH3 is 1. The van der Waals surface area contributed by atoms with Gasteiger partial charge in [-0.05, 0) is 31.5 Å². The van der Waals surface area contributed by atoms with E-state index in [2.05, 4.69) is 5.32 Å². The van der Waals surface area contributed by atoms with Crippen LogP contribution in [0, 0.1) is 13.8 Å². The summed E-state index contributed by atoms with van der Waals surface area (Å²) in [5, 5.41) is 2.90. The van der Waals surface area contributed by atoms with Gasteiger partial charge < -0.3 is 20.5 Å². The van der Waals surface area contributed by atoms with Crippen LogP contribution in [-0.2, 0) is 9.53 Å². The van der Waals surface area contributed by atoms with E-state index in [1.807, 2.05) is 26.0 Å². The van der Waals surface area contributed by atoms with Crippen LogP contribution in [0.3, 0.4) is 0 Å². The molecule has 6 nitrogen and oxygen atoms in total. The summed E-state index contributed by atoms with van der Waals surface area (Å²) in [4.78, 5) is 24.2. The quantitative estimate of drug-likeness (QED) is 0.628. The van der Waals surface area contributed by atoms with Crippen LogP contribution >= 0.6 is 11.6 Å². The highest BCUT2D eigenvalue weighted by atomic mass is 35.5. The number of ether oxygens (including phenoxy) is 2. The Balaban J connectivity index is 2.02. The third-order valence-electron chi connectivity index (χ3n) is 3.53. The first-order valence-corrected chi connectivity index (χ1v) is 7.87. The molecular weight excluding hydrogens is 344 g/mol. The first-order valence-electron chi connectivity index (χ1n) is 7.49. The molecule has 0 saturated heterocycles. The van der Waals surface area contributed by atoms with Gasteiger partial charge in [-0.1, -0.05) is 29.3 Å². The lowest BCUT2D eigenvalue weighted by molar-refractivity contribution is -0.119. The number of nitrogen functional groups attached to an aromatic ring is 1. The lowest BCUT2D eigenvalue weighted by Crippen LogP contribution is -2.21. The summed E-state index contributed by atoms with van der Waals surface area (Å²) in [6, 6.07) is 8.40. The van der Waals surface area contributed by atoms with Crippen molar-refractivity contribution in [3.8, 4) is 5.75 Å². The van der Waals surface area contributed by atoms with Crippen LogP contribution in [0.25, 0.3) is 0 Å². The average Bonchev–Trinajstić information content (AvgIpc) is 2.57. The largest absolute Gasteiger partial charge is 0.496 e. The molecule has 0 spiro atoms. The third-order valence-corrected chi connectivity index (χ3v) is 3.86. The Labute approximate surface area is 150 Å². The van der Waals surface area contributed by atoms with Crippen molar-refractivity contribution >= 4 is 34.9 Å². The van der Waals surface area contributed by atoms with Crippen LogP contribution in [0.4, 0.5) is 11.4 Å². The Morgan fingerprint density at radius 3 is 2.56 bits per heavy atom. The predicted octanol–water partition coefficient (Wildman–Crippen LogP) is 3.34. The number of carbonyl (C=O) groups excluding carboxylic acids is 2. The number of hydrogen-bond donors (Lipinski definition) is 2. The fourth-order valence-corrected chi connectivity index (χ4v) is 2.41. The number of nitrogens with two attached hydrogens (primary N) is 1. The molecular formula is C18H19ClN2O4. The van der Waals surface area contributed by atoms with E-state index < -0.39 is 18.5 Å². The van der Waals surface area contributed by atoms with E-state index in [1.54, 1.807) is 6.07 Å². The molecule has 25 heavy (non-hydrogen) atoms. The van der Waals surface area contributed by atoms with Gasteiger partial charge in [0, 0.05) is 11.8 Å². The molecule has 0 aliphatic heterocycles. The van der Waals surface area contributed by atoms with Crippen molar-refractivity contribution in [1.29, 1.82) is 0 Å². The van der Waals surface area contributed by atoms with E-state index in [1.165, 1.54) is 19.2 Å². The van der Waals surface area contributed by atoms with Crippen LogP contribution in [-0.4, -0.2) is 25.6 Å². The molecule has 2 aromatic carbocycles. The standard InChI is InChI=1S/C18H19ClN2O4/c1-10-4-5-15(11(2)6-10)21-17(22)9-25-18(23)12-7-13(19)14(20)8-16(12)24-3/h4-8H,9,20H2,1-3H3,(H,21,22). The first kappa shape index (κ1) is 18.6. The van der Waals surface area contributed by atoms with Gasteiger partial charge >= 0.3 is 5.97 Å². The molecule has 132 valence electrons. The molecule has 2 aromatic rings. The predicted molar refractivity (Wildman–Crippen MR) is 97.2 cm³/mol. The van der Waals surface area contributed by atoms with Crippen molar-refractivity contribution in [3.63, 3.8) is 0 Å². The molecule has 0 atom stereocenters. The minimum atomic E-state index is -0.727. The van der Waals surface area contributed by atoms with Gasteiger partial charge in [-0.2, -0.15) is 0 Å². The number of hydrogen-bond acceptors (Lipinski definition) is 5. The summed E-state index contributed by atoms with van der Waals surface area (Å²) >= 11 is 5.92. The summed E-state index contributed by atoms with van der Waals surface area (Å²) in [6.45, 7) is 3.42. The van der Waals surface area contributed by atoms with Crippen molar-refractivity contribution < 1.29 is 19.1 Å². The van der Waals surface area contributed by atoms with E-state index >= 15 is 0 Å². The summed E-state index contributed by atoms with van der Waals surface area (Å²) in [5.74, 6) is -0.947. The van der Waals surface area contributed by atoms with Crippen LogP contribution < -0.4 is 15.8 Å². The van der Waals surface area contributed by atoms with Gasteiger partial charge in [0.15, 0.2) is 6.61 Å². The Bertz CT molecular complexity index is 821. The van der Waals surface area contributed by atoms with Crippen LogP contribution in [0.1, 0.15) is 21.5 Å². The normalized spacial score (nSPS) is 10.2. The van der Waals surface area contributed by atoms with Crippen LogP contribution in [0.5, 0.6) is 5.75 Å². The highest BCUT2D eigenvalue weighted by Gasteiger charge is 2.18. The maximum absolute atomic E-state index is 12.2. The van der Waals surface area contributed by atoms with Gasteiger partial charge in [0.05, 0.1) is 17.8 Å². The van der Waals surface area contributed by atoms with Crippen LogP contribution in [0.2, 0.25) is 5.02 Å². The van der Waals surface area contributed by atoms with Crippen molar-refractivity contribution in [3.05, 3.63) is 52.0 Å². The van der Waals surface area contributed by atoms with Crippen molar-refractivity contribution in [1.82, 2.24) is 0 Å². The number of anilines is 2. The van der Waals surface area contributed by atoms with Crippen molar-refractivity contribution in [2.45, 2.75) is 13.8 Å². The van der Waals surface area contributed by atoms with E-state index in [0.29, 0.717) is 5.69 Å². The smallest absolute Gasteiger partial charge is 0.342 e. The van der Waals surface area contributed by atoms with E-state index in [4.69, 9.17) is 26.8 Å². The Morgan fingerprint density at radius 1 is 1.20 bits per heavy atom. The van der Waals surface area contributed by atoms with Gasteiger partial charge in [-0.15, -0.1) is 0 Å². The maximum Gasteiger partial charge on any atom is 0.342 e. The molecule has 0 heterocycles. The molecule has 0 radical (unpaired) electrons. The van der Waals surface area contributed by atoms with Gasteiger partial charge in [-0.3, -0.25) is 4.79 Å². The van der Waals surface area contributed by atoms with Crippen molar-refractivity contribution in [2.75, 3.05) is 24.8 Å². The number of halogens is 1. The topological polar surface area (TPSA) is 90.7 Å². The van der Waals surface area contributed by atoms with Gasteiger partial charge in [-0.25, -0.2) is 4.79 Å². The Hall–Kier alpha value is -2.73. The number of amides is 1. The average molecular weight is 363 g/mol. The summed E-state index contributed by atoms with van der Waals surface area (Å²) < 4.78 is 10.1. The number of esters is 1. The molecule has 0 aromatic heterocycles. The lowest BCUT2D eigenvalue weighted by atomic mass is 10.1. The molecule has 0 bridgehead atoms. The zero-order valence-electron chi connectivity index (χ0n) is 14.2. The lowest BCUT2D eigenvalue weighted by Gasteiger charge is -2.12. The minimum absolute atomic E-state index is 0.0982. The summed E-state index contributed by atoms with van der Waals surface area (Å²) in [5.41, 5.74) is 8.73. The maximum atomic E-state index is 12.2. The van der Waals surface area contributed by atoms with E-state index in [9.17, 15) is 9.59 Å². The first-order chi connectivity index (χ1) is 11.8. The van der Waals surface area contributed by atoms with Crippen molar-refractivity contribution in [2.24, 2.45) is 0 Å².